The summed E-state index contributed by atoms with van der Waals surface area (Å²) in [5.41, 5.74) is 4.97. The Morgan fingerprint density at radius 1 is 1.85 bits per heavy atom. The third kappa shape index (κ3) is 2.87. The highest BCUT2D eigenvalue weighted by Crippen LogP contribution is 2.10. The van der Waals surface area contributed by atoms with E-state index in [0.717, 1.165) is 5.76 Å². The van der Waals surface area contributed by atoms with E-state index in [0.29, 0.717) is 5.89 Å². The molecular formula is C8H13N3O2. The molecule has 72 valence electrons. The summed E-state index contributed by atoms with van der Waals surface area (Å²) in [4.78, 5) is 14.5. The van der Waals surface area contributed by atoms with Gasteiger partial charge in [0.2, 0.25) is 11.8 Å². The van der Waals surface area contributed by atoms with Gasteiger partial charge in [-0.3, -0.25) is 10.1 Å². The van der Waals surface area contributed by atoms with Crippen LogP contribution in [0.3, 0.4) is 0 Å². The van der Waals surface area contributed by atoms with Gasteiger partial charge in [0.25, 0.3) is 0 Å². The molecule has 1 aromatic rings. The Balaban J connectivity index is 2.48. The molecule has 1 atom stereocenters. The first kappa shape index (κ1) is 9.73. The molecule has 0 spiro atoms. The first-order chi connectivity index (χ1) is 6.09. The van der Waals surface area contributed by atoms with E-state index in [1.807, 2.05) is 13.8 Å². The Morgan fingerprint density at radius 3 is 3.00 bits per heavy atom. The number of carbonyl (C=O) groups excluding carboxylic acids is 1. The first-order valence-corrected chi connectivity index (χ1v) is 4.03. The van der Waals surface area contributed by atoms with E-state index in [-0.39, 0.29) is 12.6 Å². The van der Waals surface area contributed by atoms with Crippen molar-refractivity contribution in [2.45, 2.75) is 19.9 Å². The molecule has 0 aromatic carbocycles. The van der Waals surface area contributed by atoms with Crippen molar-refractivity contribution >= 4 is 5.91 Å². The van der Waals surface area contributed by atoms with E-state index < -0.39 is 5.91 Å². The minimum absolute atomic E-state index is 0.0961. The number of hydrogen-bond acceptors (Lipinski definition) is 4. The smallest absolute Gasteiger partial charge is 0.231 e. The summed E-state index contributed by atoms with van der Waals surface area (Å²) in [6, 6.07) is -0.0961. The summed E-state index contributed by atoms with van der Waals surface area (Å²) in [6.07, 6.45) is 1.64. The number of hydrogen-bond donors (Lipinski definition) is 2. The second-order valence-electron chi connectivity index (χ2n) is 2.88. The number of carbonyl (C=O) groups is 1. The molecule has 1 rings (SSSR count). The summed E-state index contributed by atoms with van der Waals surface area (Å²) in [6.45, 7) is 3.80. The van der Waals surface area contributed by atoms with Gasteiger partial charge in [-0.05, 0) is 13.8 Å². The van der Waals surface area contributed by atoms with Crippen molar-refractivity contribution in [3.05, 3.63) is 17.8 Å². The van der Waals surface area contributed by atoms with Gasteiger partial charge in [-0.15, -0.1) is 0 Å². The van der Waals surface area contributed by atoms with Gasteiger partial charge >= 0.3 is 0 Å². The number of nitrogens with two attached hydrogens (primary N) is 1. The van der Waals surface area contributed by atoms with Crippen molar-refractivity contribution in [2.75, 3.05) is 6.54 Å². The summed E-state index contributed by atoms with van der Waals surface area (Å²) < 4.78 is 5.25. The Bertz CT molecular complexity index is 295. The van der Waals surface area contributed by atoms with Crippen LogP contribution in [0.25, 0.3) is 0 Å². The number of aryl methyl sites for hydroxylation is 1. The largest absolute Gasteiger partial charge is 0.444 e. The molecule has 5 nitrogen and oxygen atoms in total. The zero-order valence-corrected chi connectivity index (χ0v) is 7.70. The Hall–Kier alpha value is -1.36. The zero-order valence-electron chi connectivity index (χ0n) is 7.70. The normalized spacial score (nSPS) is 12.8. The van der Waals surface area contributed by atoms with E-state index in [4.69, 9.17) is 10.2 Å². The molecule has 0 radical (unpaired) electrons. The highest BCUT2D eigenvalue weighted by molar-refractivity contribution is 5.75. The molecule has 0 fully saturated rings. The quantitative estimate of drug-likeness (QED) is 0.694. The van der Waals surface area contributed by atoms with Crippen molar-refractivity contribution in [3.63, 3.8) is 0 Å². The van der Waals surface area contributed by atoms with E-state index in [2.05, 4.69) is 10.3 Å². The molecular weight excluding hydrogens is 170 g/mol. The number of aromatic nitrogens is 1. The van der Waals surface area contributed by atoms with Crippen LogP contribution in [-0.2, 0) is 4.79 Å². The summed E-state index contributed by atoms with van der Waals surface area (Å²) in [7, 11) is 0. The van der Waals surface area contributed by atoms with Crippen LogP contribution in [0.1, 0.15) is 24.6 Å². The van der Waals surface area contributed by atoms with Crippen LogP contribution < -0.4 is 11.1 Å². The molecule has 0 saturated heterocycles. The minimum Gasteiger partial charge on any atom is -0.444 e. The fraction of sp³-hybridized carbons (Fsp3) is 0.500. The van der Waals surface area contributed by atoms with Gasteiger partial charge in [-0.25, -0.2) is 4.98 Å². The minimum atomic E-state index is -0.393. The lowest BCUT2D eigenvalue weighted by atomic mass is 10.3. The monoisotopic (exact) mass is 183 g/mol. The lowest BCUT2D eigenvalue weighted by molar-refractivity contribution is -0.117. The topological polar surface area (TPSA) is 81.1 Å². The van der Waals surface area contributed by atoms with Crippen molar-refractivity contribution in [1.29, 1.82) is 0 Å². The third-order valence-corrected chi connectivity index (χ3v) is 1.59. The molecule has 0 aliphatic rings. The van der Waals surface area contributed by atoms with Crippen LogP contribution in [0.4, 0.5) is 0 Å². The van der Waals surface area contributed by atoms with Gasteiger partial charge in [0, 0.05) is 0 Å². The maximum absolute atomic E-state index is 10.4. The van der Waals surface area contributed by atoms with Crippen molar-refractivity contribution in [3.8, 4) is 0 Å². The molecule has 0 aliphatic heterocycles. The average molecular weight is 183 g/mol. The van der Waals surface area contributed by atoms with E-state index >= 15 is 0 Å². The Kier molecular flexibility index (Phi) is 3.02. The molecule has 0 bridgehead atoms. The predicted octanol–water partition coefficient (Wildman–Crippen LogP) is 0.119. The Morgan fingerprint density at radius 2 is 2.54 bits per heavy atom. The van der Waals surface area contributed by atoms with Gasteiger partial charge in [-0.2, -0.15) is 0 Å². The fourth-order valence-electron chi connectivity index (χ4n) is 0.913. The summed E-state index contributed by atoms with van der Waals surface area (Å²) in [5, 5.41) is 2.88. The molecule has 1 amide bonds. The van der Waals surface area contributed by atoms with Crippen LogP contribution in [0.2, 0.25) is 0 Å². The van der Waals surface area contributed by atoms with Crippen molar-refractivity contribution in [2.24, 2.45) is 5.73 Å². The van der Waals surface area contributed by atoms with Crippen molar-refractivity contribution < 1.29 is 9.21 Å². The Labute approximate surface area is 76.3 Å². The summed E-state index contributed by atoms with van der Waals surface area (Å²) in [5.74, 6) is 0.927. The number of oxazole rings is 1. The number of primary amides is 1. The highest BCUT2D eigenvalue weighted by Gasteiger charge is 2.10. The maximum atomic E-state index is 10.4. The lowest BCUT2D eigenvalue weighted by Crippen LogP contribution is -2.30. The molecule has 13 heavy (non-hydrogen) atoms. The van der Waals surface area contributed by atoms with Crippen LogP contribution in [0.15, 0.2) is 10.6 Å². The van der Waals surface area contributed by atoms with Crippen LogP contribution in [0.5, 0.6) is 0 Å². The standard InChI is InChI=1S/C8H13N3O2/c1-5-3-11-8(13-5)6(2)10-4-7(9)12/h3,6,10H,4H2,1-2H3,(H2,9,12). The van der Waals surface area contributed by atoms with E-state index in [1.165, 1.54) is 0 Å². The van der Waals surface area contributed by atoms with Gasteiger partial charge in [0.1, 0.15) is 5.76 Å². The SMILES string of the molecule is Cc1cnc(C(C)NCC(N)=O)o1. The lowest BCUT2D eigenvalue weighted by Gasteiger charge is -2.07. The average Bonchev–Trinajstić information content (AvgIpc) is 2.47. The molecule has 1 aromatic heterocycles. The molecule has 3 N–H and O–H groups in total. The second-order valence-corrected chi connectivity index (χ2v) is 2.88. The van der Waals surface area contributed by atoms with Crippen molar-refractivity contribution in [1.82, 2.24) is 10.3 Å². The third-order valence-electron chi connectivity index (χ3n) is 1.59. The zero-order chi connectivity index (χ0) is 9.84. The highest BCUT2D eigenvalue weighted by atomic mass is 16.4. The van der Waals surface area contributed by atoms with E-state index in [1.54, 1.807) is 6.20 Å². The van der Waals surface area contributed by atoms with Gasteiger partial charge in [0.05, 0.1) is 18.8 Å². The molecule has 0 aliphatic carbocycles. The number of nitrogens with one attached hydrogen (secondary N) is 1. The number of amides is 1. The van der Waals surface area contributed by atoms with Gasteiger partial charge in [0.15, 0.2) is 0 Å². The van der Waals surface area contributed by atoms with Crippen LogP contribution in [0, 0.1) is 6.92 Å². The molecule has 1 heterocycles. The van der Waals surface area contributed by atoms with Gasteiger partial charge < -0.3 is 10.2 Å². The maximum Gasteiger partial charge on any atom is 0.231 e. The summed E-state index contributed by atoms with van der Waals surface area (Å²) >= 11 is 0. The second kappa shape index (κ2) is 4.04. The number of nitrogens with zero attached hydrogens (tertiary/aromatic N) is 1. The van der Waals surface area contributed by atoms with E-state index in [9.17, 15) is 4.79 Å². The first-order valence-electron chi connectivity index (χ1n) is 4.03. The fourth-order valence-corrected chi connectivity index (χ4v) is 0.913. The van der Waals surface area contributed by atoms with Crippen LogP contribution in [-0.4, -0.2) is 17.4 Å². The predicted molar refractivity (Wildman–Crippen MR) is 46.9 cm³/mol. The van der Waals surface area contributed by atoms with Gasteiger partial charge in [-0.1, -0.05) is 0 Å². The molecule has 5 heteroatoms. The van der Waals surface area contributed by atoms with Crippen LogP contribution >= 0.6 is 0 Å². The molecule has 1 unspecified atom stereocenters. The molecule has 0 saturated carbocycles. The number of rotatable bonds is 4.